The van der Waals surface area contributed by atoms with Crippen molar-refractivity contribution >= 4 is 40.6 Å². The van der Waals surface area contributed by atoms with Crippen molar-refractivity contribution in [1.82, 2.24) is 20.3 Å². The maximum absolute atomic E-state index is 12.2. The highest BCUT2D eigenvalue weighted by molar-refractivity contribution is 5.99. The minimum Gasteiger partial charge on any atom is -0.343 e. The maximum Gasteiger partial charge on any atom is 0.251 e. The molecule has 0 fully saturated rings. The summed E-state index contributed by atoms with van der Waals surface area (Å²) in [5, 5.41) is 11.7. The van der Waals surface area contributed by atoms with E-state index in [4.69, 9.17) is 0 Å². The third kappa shape index (κ3) is 6.36. The quantitative estimate of drug-likeness (QED) is 0.318. The fourth-order valence-corrected chi connectivity index (χ4v) is 3.11. The molecule has 0 spiro atoms. The number of hydrogen-bond acceptors (Lipinski definition) is 7. The Hall–Kier alpha value is -4.79. The number of nitrogens with one attached hydrogen (secondary N) is 4. The second-order valence-electron chi connectivity index (χ2n) is 7.32. The smallest absolute Gasteiger partial charge is 0.251 e. The van der Waals surface area contributed by atoms with Crippen LogP contribution in [0, 0.1) is 6.92 Å². The minimum absolute atomic E-state index is 0.125. The Balaban J connectivity index is 1.32. The first kappa shape index (κ1) is 22.4. The molecule has 34 heavy (non-hydrogen) atoms. The molecule has 9 nitrogen and oxygen atoms in total. The van der Waals surface area contributed by atoms with Gasteiger partial charge in [0.1, 0.15) is 23.3 Å². The lowest BCUT2D eigenvalue weighted by atomic mass is 10.2. The Kier molecular flexibility index (Phi) is 7.04. The number of aromatic nitrogens is 3. The number of rotatable bonds is 8. The van der Waals surface area contributed by atoms with Crippen molar-refractivity contribution in [2.24, 2.45) is 0 Å². The van der Waals surface area contributed by atoms with Crippen molar-refractivity contribution in [1.29, 1.82) is 0 Å². The predicted octanol–water partition coefficient (Wildman–Crippen LogP) is 4.04. The molecule has 0 atom stereocenters. The van der Waals surface area contributed by atoms with Crippen molar-refractivity contribution in [3.05, 3.63) is 96.4 Å². The molecular weight excluding hydrogens is 430 g/mol. The van der Waals surface area contributed by atoms with Gasteiger partial charge in [-0.1, -0.05) is 24.3 Å². The van der Waals surface area contributed by atoms with Gasteiger partial charge >= 0.3 is 0 Å². The van der Waals surface area contributed by atoms with E-state index in [1.54, 1.807) is 48.7 Å². The molecule has 2 amide bonds. The van der Waals surface area contributed by atoms with Gasteiger partial charge in [-0.05, 0) is 55.5 Å². The van der Waals surface area contributed by atoms with Crippen LogP contribution >= 0.6 is 0 Å². The van der Waals surface area contributed by atoms with Crippen LogP contribution in [0.3, 0.4) is 0 Å². The van der Waals surface area contributed by atoms with Crippen molar-refractivity contribution in [3.8, 4) is 0 Å². The van der Waals surface area contributed by atoms with E-state index in [-0.39, 0.29) is 18.4 Å². The zero-order valence-corrected chi connectivity index (χ0v) is 18.4. The van der Waals surface area contributed by atoms with Gasteiger partial charge in [0, 0.05) is 29.2 Å². The second kappa shape index (κ2) is 10.7. The highest BCUT2D eigenvalue weighted by atomic mass is 16.2. The monoisotopic (exact) mass is 453 g/mol. The van der Waals surface area contributed by atoms with Crippen molar-refractivity contribution in [2.45, 2.75) is 6.92 Å². The van der Waals surface area contributed by atoms with E-state index >= 15 is 0 Å². The number of nitrogens with zero attached hydrogens (tertiary/aromatic N) is 3. The Labute approximate surface area is 196 Å². The zero-order valence-electron chi connectivity index (χ0n) is 18.4. The van der Waals surface area contributed by atoms with Crippen LogP contribution in [-0.2, 0) is 4.79 Å². The third-order valence-electron chi connectivity index (χ3n) is 4.65. The van der Waals surface area contributed by atoms with E-state index in [1.165, 1.54) is 0 Å². The second-order valence-corrected chi connectivity index (χ2v) is 7.32. The molecule has 0 aliphatic rings. The highest BCUT2D eigenvalue weighted by Crippen LogP contribution is 2.21. The molecule has 2 aromatic heterocycles. The van der Waals surface area contributed by atoms with Gasteiger partial charge in [-0.25, -0.2) is 15.0 Å². The van der Waals surface area contributed by atoms with Gasteiger partial charge in [0.2, 0.25) is 5.91 Å². The number of hydrogen-bond donors (Lipinski definition) is 4. The summed E-state index contributed by atoms with van der Waals surface area (Å²) in [5.74, 6) is 1.91. The van der Waals surface area contributed by atoms with Gasteiger partial charge in [-0.2, -0.15) is 0 Å². The molecule has 170 valence electrons. The number of benzene rings is 2. The third-order valence-corrected chi connectivity index (χ3v) is 4.65. The topological polar surface area (TPSA) is 121 Å². The molecule has 4 aromatic rings. The summed E-state index contributed by atoms with van der Waals surface area (Å²) in [6, 6.07) is 23.3. The molecule has 0 saturated carbocycles. The lowest BCUT2D eigenvalue weighted by Crippen LogP contribution is -2.32. The van der Waals surface area contributed by atoms with Crippen LogP contribution in [-0.4, -0.2) is 33.3 Å². The summed E-state index contributed by atoms with van der Waals surface area (Å²) in [5.41, 5.74) is 1.90. The summed E-state index contributed by atoms with van der Waals surface area (Å²) in [6.07, 6.45) is 1.70. The van der Waals surface area contributed by atoms with Crippen molar-refractivity contribution in [3.63, 3.8) is 0 Å². The minimum atomic E-state index is -0.318. The molecule has 4 N–H and O–H groups in total. The summed E-state index contributed by atoms with van der Waals surface area (Å²) >= 11 is 0. The predicted molar refractivity (Wildman–Crippen MR) is 131 cm³/mol. The van der Waals surface area contributed by atoms with Gasteiger partial charge in [0.05, 0.1) is 6.54 Å². The number of anilines is 5. The lowest BCUT2D eigenvalue weighted by Gasteiger charge is -2.11. The van der Waals surface area contributed by atoms with Gasteiger partial charge < -0.3 is 21.3 Å². The van der Waals surface area contributed by atoms with Crippen LogP contribution in [0.15, 0.2) is 85.1 Å². The van der Waals surface area contributed by atoms with E-state index in [0.29, 0.717) is 34.5 Å². The Morgan fingerprint density at radius 2 is 1.44 bits per heavy atom. The first-order valence-corrected chi connectivity index (χ1v) is 10.6. The molecule has 0 saturated heterocycles. The number of aryl methyl sites for hydroxylation is 1. The number of carbonyl (C=O) groups is 2. The number of pyridine rings is 1. The zero-order chi connectivity index (χ0) is 23.8. The highest BCUT2D eigenvalue weighted by Gasteiger charge is 2.08. The summed E-state index contributed by atoms with van der Waals surface area (Å²) in [4.78, 5) is 37.3. The molecule has 4 rings (SSSR count). The van der Waals surface area contributed by atoms with E-state index in [9.17, 15) is 9.59 Å². The van der Waals surface area contributed by atoms with E-state index in [1.807, 2.05) is 43.3 Å². The number of carbonyl (C=O) groups excluding carboxylic acids is 2. The first-order valence-electron chi connectivity index (χ1n) is 10.6. The standard InChI is InChI=1S/C25H23N7O2/c1-17-28-22(15-23(29-17)32-21-9-5-6-14-26-21)30-19-10-12-20(13-11-19)31-24(33)16-27-25(34)18-7-3-2-4-8-18/h2-15H,16H2,1H3,(H,27,34)(H,31,33)(H2,26,28,29,30,32). The maximum atomic E-state index is 12.2. The first-order chi connectivity index (χ1) is 16.5. The number of amides is 2. The molecule has 0 bridgehead atoms. The van der Waals surface area contributed by atoms with Crippen LogP contribution in [0.5, 0.6) is 0 Å². The fourth-order valence-electron chi connectivity index (χ4n) is 3.11. The average Bonchev–Trinajstić information content (AvgIpc) is 2.84. The molecular formula is C25H23N7O2. The van der Waals surface area contributed by atoms with Crippen LogP contribution in [0.25, 0.3) is 0 Å². The van der Waals surface area contributed by atoms with Crippen LogP contribution in [0.4, 0.5) is 28.8 Å². The Bertz CT molecular complexity index is 1260. The molecule has 0 aliphatic carbocycles. The molecule has 0 aliphatic heterocycles. The van der Waals surface area contributed by atoms with Gasteiger partial charge in [0.25, 0.3) is 5.91 Å². The largest absolute Gasteiger partial charge is 0.343 e. The molecule has 2 heterocycles. The van der Waals surface area contributed by atoms with E-state index < -0.39 is 0 Å². The lowest BCUT2D eigenvalue weighted by molar-refractivity contribution is -0.115. The van der Waals surface area contributed by atoms with E-state index in [2.05, 4.69) is 36.2 Å². The fraction of sp³-hybridized carbons (Fsp3) is 0.0800. The molecule has 9 heteroatoms. The SMILES string of the molecule is Cc1nc(Nc2ccc(NC(=O)CNC(=O)c3ccccc3)cc2)cc(Nc2ccccn2)n1. The summed E-state index contributed by atoms with van der Waals surface area (Å²) in [7, 11) is 0. The van der Waals surface area contributed by atoms with Gasteiger partial charge in [-0.15, -0.1) is 0 Å². The molecule has 2 aromatic carbocycles. The molecule has 0 unspecified atom stereocenters. The van der Waals surface area contributed by atoms with Crippen molar-refractivity contribution < 1.29 is 9.59 Å². The van der Waals surface area contributed by atoms with Gasteiger partial charge in [-0.3, -0.25) is 9.59 Å². The van der Waals surface area contributed by atoms with Gasteiger partial charge in [0.15, 0.2) is 0 Å². The Morgan fingerprint density at radius 3 is 2.15 bits per heavy atom. The molecule has 0 radical (unpaired) electrons. The summed E-state index contributed by atoms with van der Waals surface area (Å²) < 4.78 is 0. The average molecular weight is 454 g/mol. The normalized spacial score (nSPS) is 10.3. The van der Waals surface area contributed by atoms with Crippen molar-refractivity contribution in [2.75, 3.05) is 22.5 Å². The van der Waals surface area contributed by atoms with Crippen LogP contribution in [0.2, 0.25) is 0 Å². The van der Waals surface area contributed by atoms with Crippen LogP contribution in [0.1, 0.15) is 16.2 Å². The van der Waals surface area contributed by atoms with E-state index in [0.717, 1.165) is 5.69 Å². The summed E-state index contributed by atoms with van der Waals surface area (Å²) in [6.45, 7) is 1.68. The Morgan fingerprint density at radius 1 is 0.765 bits per heavy atom. The van der Waals surface area contributed by atoms with Crippen LogP contribution < -0.4 is 21.3 Å².